The standard InChI is InChI=1S/C18H19F3N4O2/c19-18(20,21)12-4-6-13(7-5-12)25-17(27)15-16(23-9-8-22-15)24-10-11-2-1-3-14(11)26/h4-9,11,14,26H,1-3,10H2,(H,23,24)(H,25,27)/t11?,14-/m1/s1. The lowest BCUT2D eigenvalue weighted by molar-refractivity contribution is -0.137. The minimum Gasteiger partial charge on any atom is -0.393 e. The molecule has 0 aliphatic heterocycles. The summed E-state index contributed by atoms with van der Waals surface area (Å²) in [6.07, 6.45) is 0.582. The number of aliphatic hydroxyl groups excluding tert-OH is 1. The van der Waals surface area contributed by atoms with Gasteiger partial charge in [0.1, 0.15) is 0 Å². The van der Waals surface area contributed by atoms with Crippen molar-refractivity contribution in [1.29, 1.82) is 0 Å². The Morgan fingerprint density at radius 3 is 2.48 bits per heavy atom. The molecule has 144 valence electrons. The van der Waals surface area contributed by atoms with Gasteiger partial charge in [0.05, 0.1) is 11.7 Å². The van der Waals surface area contributed by atoms with Crippen molar-refractivity contribution in [3.05, 3.63) is 47.9 Å². The molecule has 9 heteroatoms. The molecule has 6 nitrogen and oxygen atoms in total. The number of aromatic nitrogens is 2. The zero-order valence-corrected chi connectivity index (χ0v) is 14.3. The molecule has 1 aliphatic rings. The molecule has 1 heterocycles. The lowest BCUT2D eigenvalue weighted by atomic mass is 10.1. The average molecular weight is 380 g/mol. The first-order valence-electron chi connectivity index (χ1n) is 8.56. The number of aliphatic hydroxyl groups is 1. The summed E-state index contributed by atoms with van der Waals surface area (Å²) in [7, 11) is 0. The molecular formula is C18H19F3N4O2. The summed E-state index contributed by atoms with van der Waals surface area (Å²) in [6.45, 7) is 0.459. The molecule has 1 amide bonds. The Kier molecular flexibility index (Phi) is 5.59. The molecule has 0 spiro atoms. The van der Waals surface area contributed by atoms with Crippen LogP contribution in [-0.4, -0.2) is 33.6 Å². The predicted molar refractivity (Wildman–Crippen MR) is 93.3 cm³/mol. The van der Waals surface area contributed by atoms with Crippen molar-refractivity contribution in [2.45, 2.75) is 31.5 Å². The zero-order valence-electron chi connectivity index (χ0n) is 14.3. The number of anilines is 2. The number of alkyl halides is 3. The molecule has 1 saturated carbocycles. The number of hydrogen-bond acceptors (Lipinski definition) is 5. The second-order valence-electron chi connectivity index (χ2n) is 6.42. The van der Waals surface area contributed by atoms with Gasteiger partial charge in [0, 0.05) is 30.5 Å². The van der Waals surface area contributed by atoms with Gasteiger partial charge in [-0.3, -0.25) is 4.79 Å². The monoisotopic (exact) mass is 380 g/mol. The Bertz CT molecular complexity index is 796. The highest BCUT2D eigenvalue weighted by Gasteiger charge is 2.30. The summed E-state index contributed by atoms with van der Waals surface area (Å²) >= 11 is 0. The first kappa shape index (κ1) is 19.1. The molecule has 3 rings (SSSR count). The number of halogens is 3. The van der Waals surface area contributed by atoms with Crippen LogP contribution in [0.1, 0.15) is 35.3 Å². The molecule has 0 radical (unpaired) electrons. The zero-order chi connectivity index (χ0) is 19.4. The maximum absolute atomic E-state index is 12.6. The number of hydrogen-bond donors (Lipinski definition) is 3. The molecule has 3 N–H and O–H groups in total. The van der Waals surface area contributed by atoms with Gasteiger partial charge in [0.2, 0.25) is 0 Å². The van der Waals surface area contributed by atoms with Crippen LogP contribution in [0.5, 0.6) is 0 Å². The van der Waals surface area contributed by atoms with E-state index in [0.717, 1.165) is 31.4 Å². The fourth-order valence-corrected chi connectivity index (χ4v) is 3.05. The van der Waals surface area contributed by atoms with Crippen LogP contribution in [-0.2, 0) is 6.18 Å². The summed E-state index contributed by atoms with van der Waals surface area (Å²) in [5, 5.41) is 15.4. The molecule has 1 aliphatic carbocycles. The normalized spacial score (nSPS) is 19.7. The third-order valence-electron chi connectivity index (χ3n) is 4.53. The lowest BCUT2D eigenvalue weighted by Gasteiger charge is -2.16. The van der Waals surface area contributed by atoms with E-state index in [4.69, 9.17) is 0 Å². The first-order chi connectivity index (χ1) is 12.8. The summed E-state index contributed by atoms with van der Waals surface area (Å²) in [5.41, 5.74) is -0.543. The number of nitrogens with one attached hydrogen (secondary N) is 2. The summed E-state index contributed by atoms with van der Waals surface area (Å²) in [6, 6.07) is 4.15. The van der Waals surface area contributed by atoms with E-state index in [1.54, 1.807) is 0 Å². The summed E-state index contributed by atoms with van der Waals surface area (Å²) in [5.74, 6) is -0.240. The van der Waals surface area contributed by atoms with E-state index in [9.17, 15) is 23.1 Å². The highest BCUT2D eigenvalue weighted by atomic mass is 19.4. The molecule has 1 aromatic carbocycles. The van der Waals surface area contributed by atoms with Crippen molar-refractivity contribution in [2.24, 2.45) is 5.92 Å². The second-order valence-corrected chi connectivity index (χ2v) is 6.42. The summed E-state index contributed by atoms with van der Waals surface area (Å²) in [4.78, 5) is 20.6. The number of rotatable bonds is 5. The molecule has 1 aromatic heterocycles. The van der Waals surface area contributed by atoms with Crippen molar-refractivity contribution >= 4 is 17.4 Å². The van der Waals surface area contributed by atoms with Crippen LogP contribution in [0, 0.1) is 5.92 Å². The van der Waals surface area contributed by atoms with E-state index < -0.39 is 17.6 Å². The Balaban J connectivity index is 1.67. The second kappa shape index (κ2) is 7.91. The minimum absolute atomic E-state index is 0.0323. The largest absolute Gasteiger partial charge is 0.416 e. The van der Waals surface area contributed by atoms with E-state index in [0.29, 0.717) is 6.54 Å². The van der Waals surface area contributed by atoms with Gasteiger partial charge in [-0.25, -0.2) is 9.97 Å². The van der Waals surface area contributed by atoms with Crippen molar-refractivity contribution in [2.75, 3.05) is 17.2 Å². The molecule has 2 aromatic rings. The van der Waals surface area contributed by atoms with Crippen molar-refractivity contribution in [1.82, 2.24) is 9.97 Å². The van der Waals surface area contributed by atoms with Crippen molar-refractivity contribution < 1.29 is 23.1 Å². The van der Waals surface area contributed by atoms with Crippen molar-refractivity contribution in [3.63, 3.8) is 0 Å². The van der Waals surface area contributed by atoms with Crippen LogP contribution < -0.4 is 10.6 Å². The lowest BCUT2D eigenvalue weighted by Crippen LogP contribution is -2.24. The van der Waals surface area contributed by atoms with E-state index in [1.165, 1.54) is 24.5 Å². The molecule has 27 heavy (non-hydrogen) atoms. The van der Waals surface area contributed by atoms with Gasteiger partial charge in [-0.1, -0.05) is 6.42 Å². The smallest absolute Gasteiger partial charge is 0.393 e. The fraction of sp³-hybridized carbons (Fsp3) is 0.389. The Morgan fingerprint density at radius 2 is 1.85 bits per heavy atom. The minimum atomic E-state index is -4.44. The van der Waals surface area contributed by atoms with Gasteiger partial charge in [-0.2, -0.15) is 13.2 Å². The molecule has 1 fully saturated rings. The molecule has 0 saturated heterocycles. The average Bonchev–Trinajstić information content (AvgIpc) is 3.05. The van der Waals surface area contributed by atoms with Gasteiger partial charge < -0.3 is 15.7 Å². The maximum atomic E-state index is 12.6. The number of benzene rings is 1. The fourth-order valence-electron chi connectivity index (χ4n) is 3.05. The highest BCUT2D eigenvalue weighted by molar-refractivity contribution is 6.05. The predicted octanol–water partition coefficient (Wildman–Crippen LogP) is 3.32. The van der Waals surface area contributed by atoms with Gasteiger partial charge in [0.25, 0.3) is 5.91 Å². The molecule has 2 atom stereocenters. The Labute approximate surface area is 153 Å². The van der Waals surface area contributed by atoms with Crippen LogP contribution in [0.25, 0.3) is 0 Å². The van der Waals surface area contributed by atoms with Gasteiger partial charge >= 0.3 is 6.18 Å². The first-order valence-corrected chi connectivity index (χ1v) is 8.56. The van der Waals surface area contributed by atoms with Crippen LogP contribution >= 0.6 is 0 Å². The number of nitrogens with zero attached hydrogens (tertiary/aromatic N) is 2. The van der Waals surface area contributed by atoms with E-state index in [2.05, 4.69) is 20.6 Å². The van der Waals surface area contributed by atoms with Crippen LogP contribution in [0.2, 0.25) is 0 Å². The van der Waals surface area contributed by atoms with Gasteiger partial charge in [-0.05, 0) is 37.1 Å². The highest BCUT2D eigenvalue weighted by Crippen LogP contribution is 2.30. The number of carbonyl (C=O) groups excluding carboxylic acids is 1. The third kappa shape index (κ3) is 4.73. The third-order valence-corrected chi connectivity index (χ3v) is 4.53. The maximum Gasteiger partial charge on any atom is 0.416 e. The molecular weight excluding hydrogens is 361 g/mol. The van der Waals surface area contributed by atoms with E-state index in [1.807, 2.05) is 0 Å². The van der Waals surface area contributed by atoms with Crippen LogP contribution in [0.3, 0.4) is 0 Å². The number of amides is 1. The molecule has 0 bridgehead atoms. The topological polar surface area (TPSA) is 87.1 Å². The van der Waals surface area contributed by atoms with Crippen molar-refractivity contribution in [3.8, 4) is 0 Å². The Morgan fingerprint density at radius 1 is 1.15 bits per heavy atom. The number of carbonyl (C=O) groups is 1. The quantitative estimate of drug-likeness (QED) is 0.741. The van der Waals surface area contributed by atoms with E-state index in [-0.39, 0.29) is 29.2 Å². The van der Waals surface area contributed by atoms with Gasteiger partial charge in [0.15, 0.2) is 11.5 Å². The SMILES string of the molecule is O=C(Nc1ccc(C(F)(F)F)cc1)c1nccnc1NCC1CCC[C@H]1O. The van der Waals surface area contributed by atoms with Crippen LogP contribution in [0.15, 0.2) is 36.7 Å². The van der Waals surface area contributed by atoms with E-state index >= 15 is 0 Å². The Hall–Kier alpha value is -2.68. The molecule has 1 unspecified atom stereocenters. The summed E-state index contributed by atoms with van der Waals surface area (Å²) < 4.78 is 37.8. The van der Waals surface area contributed by atoms with Gasteiger partial charge in [-0.15, -0.1) is 0 Å². The van der Waals surface area contributed by atoms with Crippen LogP contribution in [0.4, 0.5) is 24.7 Å².